The molecule has 2 aromatic rings. The van der Waals surface area contributed by atoms with Crippen molar-refractivity contribution in [1.29, 1.82) is 0 Å². The average Bonchev–Trinajstić information content (AvgIpc) is 2.75. The highest BCUT2D eigenvalue weighted by Crippen LogP contribution is 2.23. The van der Waals surface area contributed by atoms with Crippen LogP contribution in [0.15, 0.2) is 58.3 Å². The minimum atomic E-state index is -4.21. The van der Waals surface area contributed by atoms with Gasteiger partial charge in [-0.2, -0.15) is 4.72 Å². The summed E-state index contributed by atoms with van der Waals surface area (Å²) >= 11 is 0. The van der Waals surface area contributed by atoms with Crippen LogP contribution in [0, 0.1) is 0 Å². The molecule has 0 heterocycles. The molecule has 0 aromatic heterocycles. The Labute approximate surface area is 188 Å². The van der Waals surface area contributed by atoms with E-state index in [0.717, 1.165) is 5.56 Å². The molecule has 4 N–H and O–H groups in total. The van der Waals surface area contributed by atoms with E-state index in [9.17, 15) is 21.6 Å². The summed E-state index contributed by atoms with van der Waals surface area (Å²) in [5, 5.41) is 8.97. The van der Waals surface area contributed by atoms with Gasteiger partial charge in [-0.05, 0) is 47.4 Å². The van der Waals surface area contributed by atoms with Crippen molar-refractivity contribution >= 4 is 26.0 Å². The van der Waals surface area contributed by atoms with Crippen molar-refractivity contribution in [3.63, 3.8) is 0 Å². The number of hydroxylamine groups is 1. The lowest BCUT2D eigenvalue weighted by Crippen LogP contribution is -2.51. The maximum atomic E-state index is 12.6. The van der Waals surface area contributed by atoms with Crippen LogP contribution in [0.2, 0.25) is 0 Å². The van der Waals surface area contributed by atoms with E-state index in [1.54, 1.807) is 12.1 Å². The molecule has 0 bridgehead atoms. The van der Waals surface area contributed by atoms with E-state index >= 15 is 0 Å². The van der Waals surface area contributed by atoms with Crippen molar-refractivity contribution in [2.75, 3.05) is 13.7 Å². The lowest BCUT2D eigenvalue weighted by molar-refractivity contribution is -0.130. The van der Waals surface area contributed by atoms with Gasteiger partial charge in [0.1, 0.15) is 11.8 Å². The molecule has 0 spiro atoms. The summed E-state index contributed by atoms with van der Waals surface area (Å²) in [6.07, 6.45) is 0. The zero-order chi connectivity index (χ0) is 24.2. The minimum absolute atomic E-state index is 0.0494. The first-order chi connectivity index (χ1) is 14.8. The molecule has 0 radical (unpaired) electrons. The lowest BCUT2D eigenvalue weighted by atomic mass is 9.87. The van der Waals surface area contributed by atoms with Crippen LogP contribution in [0.25, 0.3) is 0 Å². The fourth-order valence-corrected chi connectivity index (χ4v) is 4.93. The second kappa shape index (κ2) is 9.96. The Kier molecular flexibility index (Phi) is 8.02. The number of benzene rings is 2. The summed E-state index contributed by atoms with van der Waals surface area (Å²) in [4.78, 5) is 11.8. The van der Waals surface area contributed by atoms with Gasteiger partial charge in [-0.1, -0.05) is 32.9 Å². The van der Waals surface area contributed by atoms with Gasteiger partial charge in [0.25, 0.3) is 5.91 Å². The molecule has 0 saturated heterocycles. The Morgan fingerprint density at radius 3 is 1.91 bits per heavy atom. The monoisotopic (exact) mass is 485 g/mol. The maximum absolute atomic E-state index is 12.6. The first-order valence-electron chi connectivity index (χ1n) is 9.51. The summed E-state index contributed by atoms with van der Waals surface area (Å²) in [6.45, 7) is 5.33. The standard InChI is InChI=1S/C20H27N3O7S2/c1-20(2,3)14-5-9-16(10-6-14)31(26,27)21-13-18(19(24)22-25)23-32(28,29)17-11-7-15(30-4)8-12-17/h5-12,18,21,23,25H,13H2,1-4H3,(H,22,24). The number of methoxy groups -OCH3 is 1. The first kappa shape index (κ1) is 25.7. The molecule has 0 aliphatic rings. The van der Waals surface area contributed by atoms with Gasteiger partial charge >= 0.3 is 0 Å². The van der Waals surface area contributed by atoms with Gasteiger partial charge in [0, 0.05) is 6.54 Å². The number of hydrogen-bond acceptors (Lipinski definition) is 7. The quantitative estimate of drug-likeness (QED) is 0.307. The average molecular weight is 486 g/mol. The molecule has 2 aromatic carbocycles. The molecule has 0 aliphatic carbocycles. The van der Waals surface area contributed by atoms with Crippen LogP contribution in [0.1, 0.15) is 26.3 Å². The molecule has 32 heavy (non-hydrogen) atoms. The SMILES string of the molecule is COc1ccc(S(=O)(=O)NC(CNS(=O)(=O)c2ccc(C(C)(C)C)cc2)C(=O)NO)cc1. The molecule has 2 rings (SSSR count). The lowest BCUT2D eigenvalue weighted by Gasteiger charge is -2.20. The van der Waals surface area contributed by atoms with E-state index < -0.39 is 38.5 Å². The van der Waals surface area contributed by atoms with Crippen LogP contribution in [0.4, 0.5) is 0 Å². The first-order valence-corrected chi connectivity index (χ1v) is 12.5. The maximum Gasteiger partial charge on any atom is 0.262 e. The number of sulfonamides is 2. The predicted molar refractivity (Wildman–Crippen MR) is 117 cm³/mol. The number of rotatable bonds is 9. The highest BCUT2D eigenvalue weighted by atomic mass is 32.2. The summed E-state index contributed by atoms with van der Waals surface area (Å²) in [5.74, 6) is -0.702. The Balaban J connectivity index is 2.19. The van der Waals surface area contributed by atoms with Crippen LogP contribution >= 0.6 is 0 Å². The summed E-state index contributed by atoms with van der Waals surface area (Å²) in [7, 11) is -6.84. The normalized spacial score (nSPS) is 13.4. The number of carbonyl (C=O) groups is 1. The molecule has 1 atom stereocenters. The van der Waals surface area contributed by atoms with E-state index in [-0.39, 0.29) is 15.2 Å². The zero-order valence-corrected chi connectivity index (χ0v) is 19.7. The van der Waals surface area contributed by atoms with Crippen LogP contribution in [-0.2, 0) is 30.3 Å². The molecule has 0 aliphatic heterocycles. The van der Waals surface area contributed by atoms with Crippen LogP contribution < -0.4 is 19.7 Å². The number of carbonyl (C=O) groups excluding carboxylic acids is 1. The Bertz CT molecular complexity index is 1140. The minimum Gasteiger partial charge on any atom is -0.497 e. The van der Waals surface area contributed by atoms with E-state index in [4.69, 9.17) is 9.94 Å². The van der Waals surface area contributed by atoms with Gasteiger partial charge in [-0.3, -0.25) is 10.0 Å². The van der Waals surface area contributed by atoms with Gasteiger partial charge in [0.2, 0.25) is 20.0 Å². The molecule has 0 fully saturated rings. The Hall–Kier alpha value is -2.51. The van der Waals surface area contributed by atoms with E-state index in [1.807, 2.05) is 20.8 Å². The number of amides is 1. The van der Waals surface area contributed by atoms with Crippen LogP contribution in [0.5, 0.6) is 5.75 Å². The van der Waals surface area contributed by atoms with Crippen molar-refractivity contribution in [3.8, 4) is 5.75 Å². The Morgan fingerprint density at radius 2 is 1.44 bits per heavy atom. The molecule has 1 unspecified atom stereocenters. The van der Waals surface area contributed by atoms with Crippen LogP contribution in [0.3, 0.4) is 0 Å². The van der Waals surface area contributed by atoms with E-state index in [2.05, 4.69) is 9.44 Å². The number of nitrogens with one attached hydrogen (secondary N) is 3. The summed E-state index contributed by atoms with van der Waals surface area (Å²) in [5.41, 5.74) is 2.10. The zero-order valence-electron chi connectivity index (χ0n) is 18.1. The highest BCUT2D eigenvalue weighted by Gasteiger charge is 2.28. The molecule has 176 valence electrons. The second-order valence-electron chi connectivity index (χ2n) is 7.95. The molecule has 0 saturated carbocycles. The van der Waals surface area contributed by atoms with Gasteiger partial charge in [-0.25, -0.2) is 27.0 Å². The topological polar surface area (TPSA) is 151 Å². The third kappa shape index (κ3) is 6.50. The second-order valence-corrected chi connectivity index (χ2v) is 11.4. The molecule has 10 nitrogen and oxygen atoms in total. The smallest absolute Gasteiger partial charge is 0.262 e. The fraction of sp³-hybridized carbons (Fsp3) is 0.350. The third-order valence-corrected chi connectivity index (χ3v) is 7.53. The van der Waals surface area contributed by atoms with Gasteiger partial charge in [-0.15, -0.1) is 0 Å². The van der Waals surface area contributed by atoms with Crippen molar-refractivity contribution in [2.24, 2.45) is 0 Å². The van der Waals surface area contributed by atoms with Crippen LogP contribution in [-0.4, -0.2) is 47.6 Å². The number of ether oxygens (including phenoxy) is 1. The van der Waals surface area contributed by atoms with E-state index in [1.165, 1.54) is 49.0 Å². The largest absolute Gasteiger partial charge is 0.497 e. The Morgan fingerprint density at radius 1 is 0.938 bits per heavy atom. The molecule has 1 amide bonds. The van der Waals surface area contributed by atoms with E-state index in [0.29, 0.717) is 5.75 Å². The fourth-order valence-electron chi connectivity index (χ4n) is 2.69. The molecular weight excluding hydrogens is 458 g/mol. The molecular formula is C20H27N3O7S2. The molecule has 12 heteroatoms. The van der Waals surface area contributed by atoms with Crippen molar-refractivity contribution < 1.29 is 31.6 Å². The van der Waals surface area contributed by atoms with Gasteiger partial charge in [0.05, 0.1) is 16.9 Å². The summed E-state index contributed by atoms with van der Waals surface area (Å²) in [6, 6.07) is 9.94. The van der Waals surface area contributed by atoms with Crippen molar-refractivity contribution in [3.05, 3.63) is 54.1 Å². The summed E-state index contributed by atoms with van der Waals surface area (Å²) < 4.78 is 59.7. The van der Waals surface area contributed by atoms with Crippen molar-refractivity contribution in [2.45, 2.75) is 42.0 Å². The highest BCUT2D eigenvalue weighted by molar-refractivity contribution is 7.90. The van der Waals surface area contributed by atoms with Gasteiger partial charge < -0.3 is 4.74 Å². The van der Waals surface area contributed by atoms with Crippen molar-refractivity contribution in [1.82, 2.24) is 14.9 Å². The van der Waals surface area contributed by atoms with Gasteiger partial charge in [0.15, 0.2) is 0 Å². The predicted octanol–water partition coefficient (Wildman–Crippen LogP) is 1.12. The number of hydrogen-bond donors (Lipinski definition) is 4. The third-order valence-electron chi connectivity index (χ3n) is 4.60.